The maximum absolute atomic E-state index is 5.82. The molecule has 0 radical (unpaired) electrons. The van der Waals surface area contributed by atoms with E-state index in [1.54, 1.807) is 0 Å². The Labute approximate surface area is 101 Å². The Kier molecular flexibility index (Phi) is 11.6. The number of hydrogen-bond donors (Lipinski definition) is 1. The summed E-state index contributed by atoms with van der Waals surface area (Å²) >= 11 is 0. The van der Waals surface area contributed by atoms with Gasteiger partial charge in [-0.1, -0.05) is 13.3 Å². The smallest absolute Gasteiger partial charge is 0.351 e. The molecule has 4 nitrogen and oxygen atoms in total. The number of nitrogens with two attached hydrogens (primary N) is 1. The van der Waals surface area contributed by atoms with Gasteiger partial charge < -0.3 is 19.3 Å². The van der Waals surface area contributed by atoms with Gasteiger partial charge in [-0.2, -0.15) is 0 Å². The van der Waals surface area contributed by atoms with Gasteiger partial charge in [0, 0.05) is 19.8 Å². The Bertz CT molecular complexity index is 143. The van der Waals surface area contributed by atoms with Gasteiger partial charge in [-0.3, -0.25) is 0 Å². The molecule has 2 N–H and O–H groups in total. The third kappa shape index (κ3) is 7.35. The van der Waals surface area contributed by atoms with Crippen molar-refractivity contribution in [2.24, 2.45) is 5.73 Å². The molecule has 0 aliphatic rings. The molecule has 1 atom stereocenters. The number of rotatable bonds is 11. The predicted molar refractivity (Wildman–Crippen MR) is 68.7 cm³/mol. The Morgan fingerprint density at radius 3 is 2.19 bits per heavy atom. The first-order chi connectivity index (χ1) is 7.79. The van der Waals surface area contributed by atoms with E-state index in [1.165, 1.54) is 0 Å². The molecule has 0 aromatic carbocycles. The molecule has 0 aromatic heterocycles. The van der Waals surface area contributed by atoms with Crippen LogP contribution in [-0.4, -0.2) is 41.4 Å². The summed E-state index contributed by atoms with van der Waals surface area (Å²) in [4.78, 5) is 0. The van der Waals surface area contributed by atoms with E-state index in [4.69, 9.17) is 19.3 Å². The highest BCUT2D eigenvalue weighted by Crippen LogP contribution is 2.09. The van der Waals surface area contributed by atoms with Gasteiger partial charge in [-0.05, 0) is 33.2 Å². The minimum atomic E-state index is -1.67. The van der Waals surface area contributed by atoms with Crippen LogP contribution in [0.1, 0.15) is 40.0 Å². The highest BCUT2D eigenvalue weighted by atomic mass is 28.3. The summed E-state index contributed by atoms with van der Waals surface area (Å²) in [7, 11) is -1.67. The standard InChI is InChI=1S/C11H27NO3Si/c1-4-8-11(13-10-7-9-12)16(14-5-2)15-6-3/h11,16H,4-10,12H2,1-3H3. The molecular weight excluding hydrogens is 222 g/mol. The molecule has 0 aliphatic carbocycles. The lowest BCUT2D eigenvalue weighted by molar-refractivity contribution is 0.0553. The van der Waals surface area contributed by atoms with Gasteiger partial charge >= 0.3 is 9.28 Å². The molecule has 0 spiro atoms. The predicted octanol–water partition coefficient (Wildman–Crippen LogP) is 1.35. The molecule has 1 unspecified atom stereocenters. The van der Waals surface area contributed by atoms with E-state index >= 15 is 0 Å². The zero-order valence-corrected chi connectivity index (χ0v) is 12.1. The van der Waals surface area contributed by atoms with Crippen molar-refractivity contribution in [3.8, 4) is 0 Å². The monoisotopic (exact) mass is 249 g/mol. The van der Waals surface area contributed by atoms with Crippen LogP contribution in [0, 0.1) is 0 Å². The molecule has 0 saturated carbocycles. The molecule has 0 aliphatic heterocycles. The van der Waals surface area contributed by atoms with Crippen LogP contribution in [0.25, 0.3) is 0 Å². The first-order valence-electron chi connectivity index (χ1n) is 6.34. The van der Waals surface area contributed by atoms with Crippen molar-refractivity contribution in [3.63, 3.8) is 0 Å². The van der Waals surface area contributed by atoms with Gasteiger partial charge in [-0.15, -0.1) is 0 Å². The van der Waals surface area contributed by atoms with Gasteiger partial charge in [0.1, 0.15) is 0 Å². The second-order valence-corrected chi connectivity index (χ2v) is 5.77. The quantitative estimate of drug-likeness (QED) is 0.444. The Hall–Kier alpha value is 0.0569. The lowest BCUT2D eigenvalue weighted by Crippen LogP contribution is -2.39. The van der Waals surface area contributed by atoms with Crippen molar-refractivity contribution in [1.29, 1.82) is 0 Å². The van der Waals surface area contributed by atoms with E-state index in [2.05, 4.69) is 6.92 Å². The summed E-state index contributed by atoms with van der Waals surface area (Å²) in [6.45, 7) is 8.96. The highest BCUT2D eigenvalue weighted by Gasteiger charge is 2.25. The molecular formula is C11H27NO3Si. The summed E-state index contributed by atoms with van der Waals surface area (Å²) in [5.41, 5.74) is 5.61. The van der Waals surface area contributed by atoms with Crippen LogP contribution < -0.4 is 5.73 Å². The topological polar surface area (TPSA) is 53.7 Å². The van der Waals surface area contributed by atoms with Gasteiger partial charge in [0.15, 0.2) is 0 Å². The number of hydrogen-bond acceptors (Lipinski definition) is 4. The van der Waals surface area contributed by atoms with Crippen LogP contribution in [0.5, 0.6) is 0 Å². The van der Waals surface area contributed by atoms with Crippen molar-refractivity contribution in [2.45, 2.75) is 45.8 Å². The molecule has 5 heteroatoms. The molecule has 0 fully saturated rings. The van der Waals surface area contributed by atoms with Crippen LogP contribution in [0.4, 0.5) is 0 Å². The maximum atomic E-state index is 5.82. The van der Waals surface area contributed by atoms with E-state index < -0.39 is 9.28 Å². The minimum absolute atomic E-state index is 0.163. The zero-order valence-electron chi connectivity index (χ0n) is 10.9. The fourth-order valence-electron chi connectivity index (χ4n) is 1.49. The second-order valence-electron chi connectivity index (χ2n) is 3.62. The van der Waals surface area contributed by atoms with E-state index in [0.717, 1.165) is 19.3 Å². The van der Waals surface area contributed by atoms with Crippen molar-refractivity contribution >= 4 is 9.28 Å². The Morgan fingerprint density at radius 2 is 1.75 bits per heavy atom. The average Bonchev–Trinajstić information content (AvgIpc) is 2.28. The molecule has 0 amide bonds. The van der Waals surface area contributed by atoms with Crippen molar-refractivity contribution in [1.82, 2.24) is 0 Å². The van der Waals surface area contributed by atoms with Crippen molar-refractivity contribution in [2.75, 3.05) is 26.4 Å². The lowest BCUT2D eigenvalue weighted by atomic mass is 10.3. The molecule has 0 rings (SSSR count). The summed E-state index contributed by atoms with van der Waals surface area (Å²) in [5, 5.41) is 0. The first kappa shape index (κ1) is 16.1. The third-order valence-corrected chi connectivity index (χ3v) is 4.68. The molecule has 0 aromatic rings. The van der Waals surface area contributed by atoms with Crippen LogP contribution in [0.2, 0.25) is 0 Å². The van der Waals surface area contributed by atoms with E-state index in [1.807, 2.05) is 13.8 Å². The lowest BCUT2D eigenvalue weighted by Gasteiger charge is -2.24. The fourth-order valence-corrected chi connectivity index (χ4v) is 3.57. The average molecular weight is 249 g/mol. The third-order valence-electron chi connectivity index (χ3n) is 2.22. The first-order valence-corrected chi connectivity index (χ1v) is 7.95. The summed E-state index contributed by atoms with van der Waals surface area (Å²) < 4.78 is 17.2. The van der Waals surface area contributed by atoms with E-state index in [0.29, 0.717) is 26.4 Å². The van der Waals surface area contributed by atoms with Crippen molar-refractivity contribution < 1.29 is 13.6 Å². The zero-order chi connectivity index (χ0) is 12.2. The molecule has 0 saturated heterocycles. The highest BCUT2D eigenvalue weighted by molar-refractivity contribution is 6.46. The number of ether oxygens (including phenoxy) is 1. The van der Waals surface area contributed by atoms with E-state index in [9.17, 15) is 0 Å². The molecule has 0 heterocycles. The molecule has 98 valence electrons. The maximum Gasteiger partial charge on any atom is 0.351 e. The van der Waals surface area contributed by atoms with E-state index in [-0.39, 0.29) is 5.73 Å². The SMILES string of the molecule is CCCC(OCCCN)[SiH](OCC)OCC. The normalized spacial score (nSPS) is 13.3. The van der Waals surface area contributed by atoms with Crippen LogP contribution >= 0.6 is 0 Å². The molecule has 0 bridgehead atoms. The summed E-state index contributed by atoms with van der Waals surface area (Å²) in [6, 6.07) is 0. The largest absolute Gasteiger partial charge is 0.395 e. The van der Waals surface area contributed by atoms with Gasteiger partial charge in [-0.25, -0.2) is 0 Å². The molecule has 16 heavy (non-hydrogen) atoms. The minimum Gasteiger partial charge on any atom is -0.395 e. The van der Waals surface area contributed by atoms with Crippen LogP contribution in [0.3, 0.4) is 0 Å². The Balaban J connectivity index is 4.08. The van der Waals surface area contributed by atoms with Gasteiger partial charge in [0.25, 0.3) is 0 Å². The fraction of sp³-hybridized carbons (Fsp3) is 1.00. The van der Waals surface area contributed by atoms with Gasteiger partial charge in [0.2, 0.25) is 0 Å². The summed E-state index contributed by atoms with van der Waals surface area (Å²) in [6.07, 6.45) is 3.01. The van der Waals surface area contributed by atoms with Gasteiger partial charge in [0.05, 0.1) is 5.73 Å². The van der Waals surface area contributed by atoms with Crippen LogP contribution in [0.15, 0.2) is 0 Å². The van der Waals surface area contributed by atoms with Crippen molar-refractivity contribution in [3.05, 3.63) is 0 Å². The van der Waals surface area contributed by atoms with Crippen LogP contribution in [-0.2, 0) is 13.6 Å². The Morgan fingerprint density at radius 1 is 1.12 bits per heavy atom. The second kappa shape index (κ2) is 11.5. The summed E-state index contributed by atoms with van der Waals surface area (Å²) in [5.74, 6) is 0.